The number of hydrogen-bond acceptors (Lipinski definition) is 13. The zero-order chi connectivity index (χ0) is 45.5. The van der Waals surface area contributed by atoms with E-state index in [0.29, 0.717) is 59.6 Å². The molecule has 5 unspecified atom stereocenters. The second kappa shape index (κ2) is 20.9. The minimum atomic E-state index is -0.942. The Kier molecular flexibility index (Phi) is 15.2. The van der Waals surface area contributed by atoms with Crippen molar-refractivity contribution in [3.8, 4) is 5.75 Å². The van der Waals surface area contributed by atoms with Crippen molar-refractivity contribution >= 4 is 64.6 Å². The van der Waals surface area contributed by atoms with E-state index in [0.717, 1.165) is 54.6 Å². The van der Waals surface area contributed by atoms with Crippen LogP contribution >= 0.6 is 23.4 Å². The Hall–Kier alpha value is -5.59. The molecule has 1 aromatic heterocycles. The number of ether oxygens (including phenoxy) is 3. The highest BCUT2D eigenvalue weighted by Gasteiger charge is 2.50. The molecule has 7 rings (SSSR count). The molecule has 3 aromatic rings. The zero-order valence-corrected chi connectivity index (χ0v) is 37.9. The number of aryl methyl sites for hydroxylation is 1. The van der Waals surface area contributed by atoms with E-state index in [1.165, 1.54) is 31.0 Å². The molecule has 2 saturated heterocycles. The smallest absolute Gasteiger partial charge is 0.308 e. The van der Waals surface area contributed by atoms with Crippen molar-refractivity contribution in [3.05, 3.63) is 86.3 Å². The van der Waals surface area contributed by atoms with E-state index in [2.05, 4.69) is 26.1 Å². The lowest BCUT2D eigenvalue weighted by Gasteiger charge is -2.24. The summed E-state index contributed by atoms with van der Waals surface area (Å²) in [7, 11) is 1.34. The molecular formula is C45H53ClN8O9S. The van der Waals surface area contributed by atoms with Crippen molar-refractivity contribution in [1.82, 2.24) is 35.6 Å². The van der Waals surface area contributed by atoms with E-state index >= 15 is 0 Å². The topological polar surface area (TPSA) is 216 Å². The number of nitrogens with zero attached hydrogens (tertiary/aromatic N) is 5. The fourth-order valence-electron chi connectivity index (χ4n) is 8.22. The number of imide groups is 1. The lowest BCUT2D eigenvalue weighted by molar-refractivity contribution is -0.141. The average molecular weight is 917 g/mol. The maximum absolute atomic E-state index is 13.8. The largest absolute Gasteiger partial charge is 0.483 e. The maximum atomic E-state index is 13.8. The number of unbranched alkanes of at least 4 members (excludes halogenated alkanes) is 5. The predicted octanol–water partition coefficient (Wildman–Crippen LogP) is 5.51. The van der Waals surface area contributed by atoms with Gasteiger partial charge in [0.2, 0.25) is 5.91 Å². The zero-order valence-electron chi connectivity index (χ0n) is 36.3. The Morgan fingerprint density at radius 3 is 2.39 bits per heavy atom. The second-order valence-electron chi connectivity index (χ2n) is 16.2. The van der Waals surface area contributed by atoms with E-state index < -0.39 is 35.8 Å². The number of esters is 1. The van der Waals surface area contributed by atoms with Crippen LogP contribution in [0.5, 0.6) is 5.75 Å². The molecule has 340 valence electrons. The summed E-state index contributed by atoms with van der Waals surface area (Å²) in [6.07, 6.45) is 6.02. The van der Waals surface area contributed by atoms with Gasteiger partial charge >= 0.3 is 5.97 Å². The molecule has 19 heteroatoms. The van der Waals surface area contributed by atoms with Crippen LogP contribution in [0.3, 0.4) is 0 Å². The number of allylic oxidation sites excluding steroid dienone is 1. The number of amides is 5. The molecule has 2 aromatic carbocycles. The first-order chi connectivity index (χ1) is 30.8. The van der Waals surface area contributed by atoms with Gasteiger partial charge in [0.05, 0.1) is 34.9 Å². The third-order valence-electron chi connectivity index (χ3n) is 11.6. The van der Waals surface area contributed by atoms with E-state index in [1.54, 1.807) is 18.2 Å². The number of thioether (sulfide) groups is 1. The number of halogens is 1. The fourth-order valence-corrected chi connectivity index (χ4v) is 9.50. The van der Waals surface area contributed by atoms with Crippen LogP contribution in [-0.2, 0) is 28.7 Å². The molecule has 0 saturated carbocycles. The van der Waals surface area contributed by atoms with Crippen LogP contribution < -0.4 is 20.7 Å². The van der Waals surface area contributed by atoms with Crippen LogP contribution in [0.2, 0.25) is 5.02 Å². The molecule has 4 aliphatic rings. The number of fused-ring (bicyclic) bond motifs is 3. The monoisotopic (exact) mass is 916 g/mol. The van der Waals surface area contributed by atoms with E-state index in [9.17, 15) is 28.8 Å². The summed E-state index contributed by atoms with van der Waals surface area (Å²) in [5.74, 6) is -1.30. The number of methoxy groups -OCH3 is 1. The molecule has 5 amide bonds. The number of hydrogen-bond donors (Lipinski definition) is 3. The van der Waals surface area contributed by atoms with Crippen LogP contribution in [0.4, 0.5) is 0 Å². The normalized spacial score (nSPS) is 22.9. The minimum absolute atomic E-state index is 0.0268. The molecule has 0 spiro atoms. The highest BCUT2D eigenvalue weighted by molar-refractivity contribution is 8.04. The van der Waals surface area contributed by atoms with Gasteiger partial charge in [-0.3, -0.25) is 38.7 Å². The number of carbonyl (C=O) groups is 6. The molecule has 5 atom stereocenters. The predicted molar refractivity (Wildman–Crippen MR) is 238 cm³/mol. The summed E-state index contributed by atoms with van der Waals surface area (Å²) in [5, 5.41) is 17.7. The SMILES string of the molecule is COC(=O)CC1N=C(c2ccc(Cl)cc2)C/C(C)=C(/C(=O)NCCCCCCCCNC(=O)COc2cccc3c2C(=O)N(C2CCC4OC4NC2=O)C3=O)SC(C)n2c(C)nnc21. The van der Waals surface area contributed by atoms with Crippen molar-refractivity contribution in [2.24, 2.45) is 4.99 Å². The van der Waals surface area contributed by atoms with E-state index in [4.69, 9.17) is 30.8 Å². The third-order valence-corrected chi connectivity index (χ3v) is 13.2. The third kappa shape index (κ3) is 10.8. The van der Waals surface area contributed by atoms with Crippen LogP contribution in [0.25, 0.3) is 0 Å². The Morgan fingerprint density at radius 1 is 0.938 bits per heavy atom. The molecule has 4 aliphatic heterocycles. The molecular weight excluding hydrogens is 864 g/mol. The van der Waals surface area contributed by atoms with Crippen molar-refractivity contribution in [2.45, 2.75) is 115 Å². The van der Waals surface area contributed by atoms with Crippen LogP contribution in [0.15, 0.2) is 57.9 Å². The lowest BCUT2D eigenvalue weighted by atomic mass is 10.0. The van der Waals surface area contributed by atoms with Gasteiger partial charge in [0.25, 0.3) is 23.6 Å². The summed E-state index contributed by atoms with van der Waals surface area (Å²) in [6.45, 7) is 6.36. The average Bonchev–Trinajstić information content (AvgIpc) is 3.86. The van der Waals surface area contributed by atoms with Gasteiger partial charge in [-0.15, -0.1) is 10.2 Å². The van der Waals surface area contributed by atoms with Crippen molar-refractivity contribution in [3.63, 3.8) is 0 Å². The lowest BCUT2D eigenvalue weighted by Crippen LogP contribution is -2.49. The van der Waals surface area contributed by atoms with Crippen molar-refractivity contribution in [1.29, 1.82) is 0 Å². The molecule has 0 bridgehead atoms. The maximum Gasteiger partial charge on any atom is 0.308 e. The molecule has 64 heavy (non-hydrogen) atoms. The van der Waals surface area contributed by atoms with Gasteiger partial charge in [0.1, 0.15) is 29.8 Å². The van der Waals surface area contributed by atoms with E-state index in [1.807, 2.05) is 37.5 Å². The van der Waals surface area contributed by atoms with Gasteiger partial charge < -0.3 is 34.7 Å². The number of nitrogens with one attached hydrogen (secondary N) is 3. The van der Waals surface area contributed by atoms with Gasteiger partial charge in [0.15, 0.2) is 18.7 Å². The first-order valence-corrected chi connectivity index (χ1v) is 22.9. The Morgan fingerprint density at radius 2 is 1.66 bits per heavy atom. The van der Waals surface area contributed by atoms with Crippen LogP contribution in [-0.4, -0.2) is 106 Å². The van der Waals surface area contributed by atoms with Gasteiger partial charge in [-0.25, -0.2) is 0 Å². The molecule has 5 heterocycles. The summed E-state index contributed by atoms with van der Waals surface area (Å²) in [6, 6.07) is 10.3. The Labute approximate surface area is 380 Å². The number of epoxide rings is 1. The summed E-state index contributed by atoms with van der Waals surface area (Å²) in [4.78, 5) is 85.1. The molecule has 17 nitrogen and oxygen atoms in total. The van der Waals surface area contributed by atoms with Gasteiger partial charge in [-0.1, -0.05) is 67.2 Å². The number of benzene rings is 2. The second-order valence-corrected chi connectivity index (χ2v) is 18.0. The minimum Gasteiger partial charge on any atom is -0.483 e. The highest BCUT2D eigenvalue weighted by Crippen LogP contribution is 2.39. The molecule has 3 N–H and O–H groups in total. The van der Waals surface area contributed by atoms with Gasteiger partial charge in [-0.05, 0) is 81.9 Å². The van der Waals surface area contributed by atoms with Gasteiger partial charge in [-0.2, -0.15) is 0 Å². The first-order valence-electron chi connectivity index (χ1n) is 21.7. The first kappa shape index (κ1) is 46.4. The molecule has 0 radical (unpaired) electrons. The van der Waals surface area contributed by atoms with Crippen molar-refractivity contribution in [2.75, 3.05) is 26.8 Å². The quantitative estimate of drug-likeness (QED) is 0.0661. The van der Waals surface area contributed by atoms with Crippen molar-refractivity contribution < 1.29 is 43.0 Å². The Bertz CT molecular complexity index is 2350. The highest BCUT2D eigenvalue weighted by atomic mass is 35.5. The number of rotatable bonds is 17. The van der Waals surface area contributed by atoms with Gasteiger partial charge in [0, 0.05) is 30.2 Å². The van der Waals surface area contributed by atoms with Crippen LogP contribution in [0.1, 0.15) is 127 Å². The standard InChI is InChI=1S/C45H53ClN8O9S/c1-25-22-31(28-14-16-29(46)17-15-28)49-32(23-37(56)61-4)40-52-51-26(2)53(40)27(3)64-39(25)42(58)48-21-10-8-6-5-7-9-20-47-36(55)24-62-34-13-11-12-30-38(34)45(60)54(44(30)59)33-18-19-35-43(63-35)50-41(33)57/h11-17,27,32-33,35,43H,5-10,18-24H2,1-4H3,(H,47,55)(H,48,58)(H,50,57)/b39-25-,49-31?. The Balaban J connectivity index is 0.841. The number of carbonyl (C=O) groups excluding carboxylic acids is 6. The number of aliphatic imine (C=N–C) groups is 1. The molecule has 2 fully saturated rings. The summed E-state index contributed by atoms with van der Waals surface area (Å²) < 4.78 is 18.0. The summed E-state index contributed by atoms with van der Waals surface area (Å²) >= 11 is 7.63. The number of aromatic nitrogens is 3. The van der Waals surface area contributed by atoms with E-state index in [-0.39, 0.29) is 59.4 Å². The molecule has 0 aliphatic carbocycles. The van der Waals surface area contributed by atoms with Crippen LogP contribution in [0, 0.1) is 6.92 Å². The summed E-state index contributed by atoms with van der Waals surface area (Å²) in [5.41, 5.74) is 2.52. The fraction of sp³-hybridized carbons (Fsp3) is 0.489.